The van der Waals surface area contributed by atoms with E-state index in [9.17, 15) is 4.79 Å². The maximum Gasteiger partial charge on any atom is 0.257 e. The molecule has 29 heavy (non-hydrogen) atoms. The molecule has 0 bridgehead atoms. The van der Waals surface area contributed by atoms with Gasteiger partial charge < -0.3 is 10.2 Å². The second-order valence-corrected chi connectivity index (χ2v) is 7.42. The molecule has 3 rings (SSSR count). The molecule has 0 unspecified atom stereocenters. The number of rotatable bonds is 7. The third kappa shape index (κ3) is 4.99. The molecule has 2 aromatic carbocycles. The molecule has 1 N–H and O–H groups in total. The van der Waals surface area contributed by atoms with Crippen LogP contribution in [0.25, 0.3) is 0 Å². The zero-order valence-electron chi connectivity index (χ0n) is 17.5. The zero-order valence-corrected chi connectivity index (χ0v) is 17.5. The lowest BCUT2D eigenvalue weighted by Crippen LogP contribution is -2.30. The van der Waals surface area contributed by atoms with E-state index in [1.54, 1.807) is 17.3 Å². The second-order valence-electron chi connectivity index (χ2n) is 7.42. The van der Waals surface area contributed by atoms with Crippen LogP contribution >= 0.6 is 0 Å². The van der Waals surface area contributed by atoms with Gasteiger partial charge in [-0.2, -0.15) is 0 Å². The van der Waals surface area contributed by atoms with Crippen LogP contribution in [0.3, 0.4) is 0 Å². The largest absolute Gasteiger partial charge is 0.335 e. The van der Waals surface area contributed by atoms with Crippen molar-refractivity contribution in [3.05, 3.63) is 83.2 Å². The smallest absolute Gasteiger partial charge is 0.257 e. The number of para-hydroxylation sites is 1. The number of nitrogens with zero attached hydrogens (tertiary/aromatic N) is 3. The summed E-state index contributed by atoms with van der Waals surface area (Å²) in [6.07, 6.45) is 3.19. The minimum absolute atomic E-state index is 0.0679. The monoisotopic (exact) mass is 388 g/mol. The van der Waals surface area contributed by atoms with Crippen molar-refractivity contribution in [3.8, 4) is 0 Å². The minimum Gasteiger partial charge on any atom is -0.335 e. The molecule has 0 saturated heterocycles. The van der Waals surface area contributed by atoms with Gasteiger partial charge in [-0.3, -0.25) is 4.79 Å². The number of hydrogen-bond acceptors (Lipinski definition) is 4. The van der Waals surface area contributed by atoms with Crippen molar-refractivity contribution < 1.29 is 4.79 Å². The van der Waals surface area contributed by atoms with Gasteiger partial charge in [0.1, 0.15) is 0 Å². The van der Waals surface area contributed by atoms with Gasteiger partial charge in [-0.05, 0) is 36.5 Å². The quantitative estimate of drug-likeness (QED) is 0.595. The third-order valence-electron chi connectivity index (χ3n) is 4.95. The van der Waals surface area contributed by atoms with Crippen LogP contribution in [-0.2, 0) is 6.54 Å². The van der Waals surface area contributed by atoms with Crippen LogP contribution in [0.5, 0.6) is 0 Å². The van der Waals surface area contributed by atoms with Crippen molar-refractivity contribution in [3.63, 3.8) is 0 Å². The summed E-state index contributed by atoms with van der Waals surface area (Å²) in [5.74, 6) is 0.805. The Bertz CT molecular complexity index is 952. The van der Waals surface area contributed by atoms with Gasteiger partial charge in [0.15, 0.2) is 0 Å². The second kappa shape index (κ2) is 9.32. The molecule has 3 aromatic rings. The Hall–Kier alpha value is -3.21. The standard InChI is InChI=1S/C24H28N4O/c1-5-28(16-19-11-7-6-8-12-19)23(29)20-14-25-24(26-15-20)27-22-18(4)10-9-13-21(22)17(2)3/h6-15,17H,5,16H2,1-4H3,(H,25,26,27). The van der Waals surface area contributed by atoms with E-state index in [-0.39, 0.29) is 5.91 Å². The lowest BCUT2D eigenvalue weighted by molar-refractivity contribution is 0.0751. The average Bonchev–Trinajstić information content (AvgIpc) is 2.74. The normalized spacial score (nSPS) is 10.8. The van der Waals surface area contributed by atoms with Gasteiger partial charge in [-0.1, -0.05) is 62.4 Å². The first-order chi connectivity index (χ1) is 14.0. The van der Waals surface area contributed by atoms with E-state index >= 15 is 0 Å². The van der Waals surface area contributed by atoms with Gasteiger partial charge >= 0.3 is 0 Å². The van der Waals surface area contributed by atoms with Crippen molar-refractivity contribution in [2.45, 2.75) is 40.2 Å². The summed E-state index contributed by atoms with van der Waals surface area (Å²) in [5, 5.41) is 3.32. The molecule has 0 aliphatic rings. The zero-order chi connectivity index (χ0) is 20.8. The first kappa shape index (κ1) is 20.5. The lowest BCUT2D eigenvalue weighted by atomic mass is 9.98. The van der Waals surface area contributed by atoms with E-state index in [1.165, 1.54) is 5.56 Å². The number of aryl methyl sites for hydroxylation is 1. The van der Waals surface area contributed by atoms with Crippen molar-refractivity contribution in [2.24, 2.45) is 0 Å². The van der Waals surface area contributed by atoms with Crippen LogP contribution in [0.1, 0.15) is 53.7 Å². The maximum atomic E-state index is 12.9. The fourth-order valence-corrected chi connectivity index (χ4v) is 3.27. The lowest BCUT2D eigenvalue weighted by Gasteiger charge is -2.21. The SMILES string of the molecule is CCN(Cc1ccccc1)C(=O)c1cnc(Nc2c(C)cccc2C(C)C)nc1. The summed E-state index contributed by atoms with van der Waals surface area (Å²) < 4.78 is 0. The minimum atomic E-state index is -0.0679. The summed E-state index contributed by atoms with van der Waals surface area (Å²) in [4.78, 5) is 23.4. The molecule has 0 aliphatic carbocycles. The number of anilines is 2. The molecule has 1 aromatic heterocycles. The van der Waals surface area contributed by atoms with E-state index in [0.29, 0.717) is 30.5 Å². The van der Waals surface area contributed by atoms with Gasteiger partial charge in [0.2, 0.25) is 5.95 Å². The van der Waals surface area contributed by atoms with E-state index in [4.69, 9.17) is 0 Å². The Kier molecular flexibility index (Phi) is 6.60. The van der Waals surface area contributed by atoms with Crippen LogP contribution in [0.15, 0.2) is 60.9 Å². The first-order valence-electron chi connectivity index (χ1n) is 10.0. The Morgan fingerprint density at radius 3 is 2.34 bits per heavy atom. The number of amides is 1. The molecule has 1 heterocycles. The van der Waals surface area contributed by atoms with E-state index < -0.39 is 0 Å². The van der Waals surface area contributed by atoms with E-state index in [2.05, 4.69) is 54.3 Å². The Balaban J connectivity index is 1.75. The average molecular weight is 389 g/mol. The topological polar surface area (TPSA) is 58.1 Å². The predicted molar refractivity (Wildman–Crippen MR) is 117 cm³/mol. The van der Waals surface area contributed by atoms with Crippen LogP contribution in [0, 0.1) is 6.92 Å². The van der Waals surface area contributed by atoms with Crippen LogP contribution in [-0.4, -0.2) is 27.3 Å². The molecular weight excluding hydrogens is 360 g/mol. The fraction of sp³-hybridized carbons (Fsp3) is 0.292. The highest BCUT2D eigenvalue weighted by Gasteiger charge is 2.16. The molecule has 150 valence electrons. The fourth-order valence-electron chi connectivity index (χ4n) is 3.27. The Morgan fingerprint density at radius 1 is 1.03 bits per heavy atom. The third-order valence-corrected chi connectivity index (χ3v) is 4.95. The van der Waals surface area contributed by atoms with Crippen molar-refractivity contribution in [1.82, 2.24) is 14.9 Å². The number of nitrogens with one attached hydrogen (secondary N) is 1. The molecular formula is C24H28N4O. The molecule has 0 radical (unpaired) electrons. The van der Waals surface area contributed by atoms with Crippen LogP contribution in [0.4, 0.5) is 11.6 Å². The van der Waals surface area contributed by atoms with Gasteiger partial charge in [0.25, 0.3) is 5.91 Å². The molecule has 0 atom stereocenters. The molecule has 1 amide bonds. The first-order valence-corrected chi connectivity index (χ1v) is 10.0. The van der Waals surface area contributed by atoms with E-state index in [1.807, 2.05) is 37.3 Å². The number of carbonyl (C=O) groups excluding carboxylic acids is 1. The summed E-state index contributed by atoms with van der Waals surface area (Å²) in [7, 11) is 0. The highest BCUT2D eigenvalue weighted by Crippen LogP contribution is 2.29. The van der Waals surface area contributed by atoms with Gasteiger partial charge in [0.05, 0.1) is 5.56 Å². The Morgan fingerprint density at radius 2 is 1.72 bits per heavy atom. The highest BCUT2D eigenvalue weighted by molar-refractivity contribution is 5.93. The molecule has 5 nitrogen and oxygen atoms in total. The molecule has 0 aliphatic heterocycles. The summed E-state index contributed by atoms with van der Waals surface area (Å²) in [5.41, 5.74) is 4.97. The molecule has 0 spiro atoms. The van der Waals surface area contributed by atoms with Gasteiger partial charge in [-0.25, -0.2) is 9.97 Å². The molecule has 0 saturated carbocycles. The van der Waals surface area contributed by atoms with Gasteiger partial charge in [-0.15, -0.1) is 0 Å². The number of aromatic nitrogens is 2. The highest BCUT2D eigenvalue weighted by atomic mass is 16.2. The maximum absolute atomic E-state index is 12.9. The van der Waals surface area contributed by atoms with Crippen molar-refractivity contribution >= 4 is 17.5 Å². The van der Waals surface area contributed by atoms with Gasteiger partial charge in [0, 0.05) is 31.2 Å². The number of hydrogen-bond donors (Lipinski definition) is 1. The number of carbonyl (C=O) groups is 1. The number of benzene rings is 2. The predicted octanol–water partition coefficient (Wildman–Crippen LogP) is 5.31. The summed E-state index contributed by atoms with van der Waals surface area (Å²) >= 11 is 0. The molecule has 0 fully saturated rings. The summed E-state index contributed by atoms with van der Waals surface area (Å²) in [6, 6.07) is 16.2. The van der Waals surface area contributed by atoms with Crippen molar-refractivity contribution in [1.29, 1.82) is 0 Å². The van der Waals surface area contributed by atoms with Crippen LogP contribution in [0.2, 0.25) is 0 Å². The summed E-state index contributed by atoms with van der Waals surface area (Å²) in [6.45, 7) is 9.55. The van der Waals surface area contributed by atoms with Crippen molar-refractivity contribution in [2.75, 3.05) is 11.9 Å². The van der Waals surface area contributed by atoms with E-state index in [0.717, 1.165) is 16.8 Å². The van der Waals surface area contributed by atoms with Crippen LogP contribution < -0.4 is 5.32 Å². The molecule has 5 heteroatoms. The Labute approximate surface area is 172 Å².